The lowest BCUT2D eigenvalue weighted by molar-refractivity contribution is 0.446. The van der Waals surface area contributed by atoms with Crippen LogP contribution in [-0.2, 0) is 6.42 Å². The normalized spacial score (nSPS) is 18.7. The highest BCUT2D eigenvalue weighted by Gasteiger charge is 2.16. The number of fused-ring (bicyclic) bond motifs is 1. The Morgan fingerprint density at radius 1 is 1.05 bits per heavy atom. The van der Waals surface area contributed by atoms with Crippen LogP contribution in [0.1, 0.15) is 101 Å². The molecule has 1 aromatic carbocycles. The van der Waals surface area contributed by atoms with Gasteiger partial charge in [-0.3, -0.25) is 4.99 Å². The predicted octanol–water partition coefficient (Wildman–Crippen LogP) is 8.12. The third-order valence-corrected chi connectivity index (χ3v) is 7.89. The highest BCUT2D eigenvalue weighted by Crippen LogP contribution is 2.29. The summed E-state index contributed by atoms with van der Waals surface area (Å²) in [6, 6.07) is 2.22. The van der Waals surface area contributed by atoms with Crippen molar-refractivity contribution in [3.05, 3.63) is 64.4 Å². The monoisotopic (exact) mass is 512 g/mol. The van der Waals surface area contributed by atoms with Crippen LogP contribution in [0.25, 0.3) is 16.6 Å². The molecular formula is C32H44N6. The lowest BCUT2D eigenvalue weighted by Gasteiger charge is -2.12. The van der Waals surface area contributed by atoms with Crippen molar-refractivity contribution in [3.8, 4) is 0 Å². The maximum Gasteiger partial charge on any atom is 0.222 e. The molecule has 3 aromatic rings. The first-order valence-electron chi connectivity index (χ1n) is 14.3. The van der Waals surface area contributed by atoms with E-state index in [0.29, 0.717) is 5.95 Å². The van der Waals surface area contributed by atoms with Gasteiger partial charge in [-0.2, -0.15) is 0 Å². The summed E-state index contributed by atoms with van der Waals surface area (Å²) in [6.45, 7) is 14.0. The van der Waals surface area contributed by atoms with Gasteiger partial charge < -0.3 is 10.3 Å². The van der Waals surface area contributed by atoms with Crippen LogP contribution in [0.15, 0.2) is 41.3 Å². The summed E-state index contributed by atoms with van der Waals surface area (Å²) in [6.07, 6.45) is 17.3. The number of imidazole rings is 1. The van der Waals surface area contributed by atoms with Crippen molar-refractivity contribution in [1.29, 1.82) is 0 Å². The zero-order chi connectivity index (χ0) is 27.1. The van der Waals surface area contributed by atoms with Gasteiger partial charge in [-0.05, 0) is 94.0 Å². The van der Waals surface area contributed by atoms with E-state index in [9.17, 15) is 0 Å². The van der Waals surface area contributed by atoms with E-state index in [0.717, 1.165) is 78.3 Å². The van der Waals surface area contributed by atoms with E-state index in [1.165, 1.54) is 41.7 Å². The molecule has 38 heavy (non-hydrogen) atoms. The molecule has 4 rings (SSSR count). The maximum absolute atomic E-state index is 5.06. The number of hydrogen-bond donors (Lipinski definition) is 2. The fraction of sp³-hybridized carbons (Fsp3) is 0.500. The molecule has 0 radical (unpaired) electrons. The van der Waals surface area contributed by atoms with Gasteiger partial charge in [-0.15, -0.1) is 0 Å². The Morgan fingerprint density at radius 2 is 1.82 bits per heavy atom. The molecular weight excluding hydrogens is 468 g/mol. The number of benzene rings is 1. The minimum atomic E-state index is 0.712. The Bertz CT molecular complexity index is 1320. The molecule has 0 atom stereocenters. The van der Waals surface area contributed by atoms with Gasteiger partial charge in [0.25, 0.3) is 0 Å². The molecule has 0 amide bonds. The summed E-state index contributed by atoms with van der Waals surface area (Å²) in [4.78, 5) is 22.7. The van der Waals surface area contributed by atoms with Crippen LogP contribution >= 0.6 is 0 Å². The number of rotatable bonds is 10. The molecule has 0 spiro atoms. The first-order valence-corrected chi connectivity index (χ1v) is 14.3. The lowest BCUT2D eigenvalue weighted by atomic mass is 9.96. The fourth-order valence-electron chi connectivity index (χ4n) is 5.40. The summed E-state index contributed by atoms with van der Waals surface area (Å²) < 4.78 is 0. The second kappa shape index (κ2) is 13.0. The van der Waals surface area contributed by atoms with E-state index in [1.807, 2.05) is 12.4 Å². The summed E-state index contributed by atoms with van der Waals surface area (Å²) >= 11 is 0. The smallest absolute Gasteiger partial charge is 0.222 e. The van der Waals surface area contributed by atoms with Crippen LogP contribution < -0.4 is 5.32 Å². The SMILES string of the molecule is CCC(CC)CCCNc1ncc(Cc2c(C)cc3[nH]c(C4=C(C)/N=C(/C)CCC/C=C\4)nc3c2C)cn1. The van der Waals surface area contributed by atoms with E-state index in [2.05, 4.69) is 80.0 Å². The Morgan fingerprint density at radius 3 is 2.55 bits per heavy atom. The van der Waals surface area contributed by atoms with Gasteiger partial charge in [0.2, 0.25) is 5.95 Å². The number of nitrogens with one attached hydrogen (secondary N) is 2. The van der Waals surface area contributed by atoms with Gasteiger partial charge in [-0.25, -0.2) is 15.0 Å². The number of aliphatic imine (C=N–C) groups is 1. The Kier molecular flexibility index (Phi) is 9.48. The van der Waals surface area contributed by atoms with Crippen LogP contribution in [0.2, 0.25) is 0 Å². The van der Waals surface area contributed by atoms with Crippen LogP contribution in [0, 0.1) is 19.8 Å². The first-order chi connectivity index (χ1) is 18.4. The van der Waals surface area contributed by atoms with Gasteiger partial charge in [0.1, 0.15) is 5.82 Å². The lowest BCUT2D eigenvalue weighted by Crippen LogP contribution is -2.08. The van der Waals surface area contributed by atoms with Crippen LogP contribution in [-0.4, -0.2) is 32.2 Å². The zero-order valence-electron chi connectivity index (χ0n) is 24.1. The standard InChI is InChI=1S/C32H44N6/c1-7-25(8-2)14-12-16-33-32-34-19-26(20-35-32)18-28-21(3)17-29-30(23(28)5)38-31(37-29)27-15-11-9-10-13-22(4)36-24(27)6/h11,15,17,19-20,25H,7-10,12-14,16,18H2,1-6H3,(H,37,38)(H,33,34,35)/b15-11-,27-24+,36-22-. The predicted molar refractivity (Wildman–Crippen MR) is 161 cm³/mol. The molecule has 0 saturated heterocycles. The average Bonchev–Trinajstić information content (AvgIpc) is 3.35. The van der Waals surface area contributed by atoms with Crippen molar-refractivity contribution in [1.82, 2.24) is 19.9 Å². The fourth-order valence-corrected chi connectivity index (χ4v) is 5.40. The second-order valence-electron chi connectivity index (χ2n) is 10.8. The molecule has 1 aliphatic rings. The van der Waals surface area contributed by atoms with E-state index in [1.54, 1.807) is 0 Å². The van der Waals surface area contributed by atoms with E-state index >= 15 is 0 Å². The molecule has 0 bridgehead atoms. The Hall–Kier alpha value is -3.28. The van der Waals surface area contributed by atoms with Gasteiger partial charge in [-0.1, -0.05) is 38.8 Å². The molecule has 0 saturated carbocycles. The molecule has 3 heterocycles. The molecule has 6 nitrogen and oxygen atoms in total. The van der Waals surface area contributed by atoms with Crippen molar-refractivity contribution in [2.45, 2.75) is 92.9 Å². The number of anilines is 1. The van der Waals surface area contributed by atoms with Crippen molar-refractivity contribution in [2.75, 3.05) is 11.9 Å². The number of nitrogens with zero attached hydrogens (tertiary/aromatic N) is 4. The second-order valence-corrected chi connectivity index (χ2v) is 10.8. The van der Waals surface area contributed by atoms with Gasteiger partial charge in [0.15, 0.2) is 0 Å². The molecule has 0 unspecified atom stereocenters. The molecule has 202 valence electrons. The van der Waals surface area contributed by atoms with Crippen LogP contribution in [0.4, 0.5) is 5.95 Å². The molecule has 0 aliphatic carbocycles. The highest BCUT2D eigenvalue weighted by atomic mass is 15.1. The van der Waals surface area contributed by atoms with Crippen LogP contribution in [0.5, 0.6) is 0 Å². The third kappa shape index (κ3) is 6.77. The van der Waals surface area contributed by atoms with Crippen molar-refractivity contribution in [2.24, 2.45) is 10.9 Å². The average molecular weight is 513 g/mol. The van der Waals surface area contributed by atoms with Crippen molar-refractivity contribution < 1.29 is 0 Å². The number of aromatic amines is 1. The first kappa shape index (κ1) is 27.7. The summed E-state index contributed by atoms with van der Waals surface area (Å²) in [5, 5.41) is 3.38. The minimum absolute atomic E-state index is 0.712. The van der Waals surface area contributed by atoms with Gasteiger partial charge in [0, 0.05) is 42.3 Å². The van der Waals surface area contributed by atoms with Gasteiger partial charge in [0.05, 0.1) is 11.0 Å². The minimum Gasteiger partial charge on any atom is -0.354 e. The Labute approximate surface area is 228 Å². The number of H-pyrrole nitrogens is 1. The maximum atomic E-state index is 5.06. The molecule has 6 heteroatoms. The number of aryl methyl sites for hydroxylation is 2. The van der Waals surface area contributed by atoms with Crippen molar-refractivity contribution >= 4 is 28.3 Å². The van der Waals surface area contributed by atoms with Crippen molar-refractivity contribution in [3.63, 3.8) is 0 Å². The number of allylic oxidation sites excluding steroid dienone is 4. The van der Waals surface area contributed by atoms with Gasteiger partial charge >= 0.3 is 0 Å². The summed E-state index contributed by atoms with van der Waals surface area (Å²) in [5.74, 6) is 2.42. The highest BCUT2D eigenvalue weighted by molar-refractivity contribution is 5.88. The van der Waals surface area contributed by atoms with E-state index in [4.69, 9.17) is 9.98 Å². The molecule has 2 N–H and O–H groups in total. The summed E-state index contributed by atoms with van der Waals surface area (Å²) in [5.41, 5.74) is 10.2. The molecule has 2 aromatic heterocycles. The number of aromatic nitrogens is 4. The molecule has 0 fully saturated rings. The zero-order valence-corrected chi connectivity index (χ0v) is 24.1. The third-order valence-electron chi connectivity index (χ3n) is 7.89. The van der Waals surface area contributed by atoms with Crippen LogP contribution in [0.3, 0.4) is 0 Å². The topological polar surface area (TPSA) is 78.9 Å². The largest absolute Gasteiger partial charge is 0.354 e. The molecule has 1 aliphatic heterocycles. The van der Waals surface area contributed by atoms with E-state index < -0.39 is 0 Å². The quantitative estimate of drug-likeness (QED) is 0.269. The summed E-state index contributed by atoms with van der Waals surface area (Å²) in [7, 11) is 0. The Balaban J connectivity index is 1.51. The van der Waals surface area contributed by atoms with E-state index in [-0.39, 0.29) is 0 Å². The number of hydrogen-bond acceptors (Lipinski definition) is 5.